The van der Waals surface area contributed by atoms with E-state index in [9.17, 15) is 8.42 Å². The predicted octanol–water partition coefficient (Wildman–Crippen LogP) is 3.48. The standard InChI is InChI=1S/C24H30N6O3S2/c1-18-3-5-19(6-4-18)27-22-17-23(30-13-15-34-16-14-30)29-24(28-22)25-11-12-26-35(31,32)21-9-7-20(33-2)8-10-21/h3-10,17,26H,11-16H2,1-2H3,(H2,25,27,28,29). The van der Waals surface area contributed by atoms with Crippen molar-refractivity contribution in [2.45, 2.75) is 11.8 Å². The summed E-state index contributed by atoms with van der Waals surface area (Å²) in [5.41, 5.74) is 2.12. The normalized spacial score (nSPS) is 13.9. The maximum atomic E-state index is 12.6. The first-order valence-corrected chi connectivity index (χ1v) is 14.0. The average molecular weight is 515 g/mol. The smallest absolute Gasteiger partial charge is 0.240 e. The van der Waals surface area contributed by atoms with Crippen molar-refractivity contribution in [3.05, 3.63) is 60.2 Å². The van der Waals surface area contributed by atoms with Gasteiger partial charge in [-0.05, 0) is 43.3 Å². The van der Waals surface area contributed by atoms with E-state index in [1.54, 1.807) is 12.1 Å². The summed E-state index contributed by atoms with van der Waals surface area (Å²) in [6.07, 6.45) is 0. The first-order chi connectivity index (χ1) is 16.9. The monoisotopic (exact) mass is 514 g/mol. The van der Waals surface area contributed by atoms with E-state index in [4.69, 9.17) is 4.74 Å². The Morgan fingerprint density at radius 1 is 1.00 bits per heavy atom. The molecule has 9 nitrogen and oxygen atoms in total. The summed E-state index contributed by atoms with van der Waals surface area (Å²) in [7, 11) is -2.09. The SMILES string of the molecule is COc1ccc(S(=O)(=O)NCCNc2nc(Nc3ccc(C)cc3)cc(N3CCSCC3)n2)cc1. The zero-order valence-electron chi connectivity index (χ0n) is 19.8. The van der Waals surface area contributed by atoms with Crippen LogP contribution in [0.25, 0.3) is 0 Å². The lowest BCUT2D eigenvalue weighted by Gasteiger charge is -2.28. The molecule has 0 amide bonds. The van der Waals surface area contributed by atoms with Crippen LogP contribution in [0.2, 0.25) is 0 Å². The molecule has 0 unspecified atom stereocenters. The highest BCUT2D eigenvalue weighted by Gasteiger charge is 2.16. The molecule has 186 valence electrons. The van der Waals surface area contributed by atoms with Crippen molar-refractivity contribution in [1.82, 2.24) is 14.7 Å². The Kier molecular flexibility index (Phi) is 8.32. The molecule has 1 saturated heterocycles. The highest BCUT2D eigenvalue weighted by atomic mass is 32.2. The Morgan fingerprint density at radius 2 is 1.71 bits per heavy atom. The third kappa shape index (κ3) is 7.00. The van der Waals surface area contributed by atoms with Crippen molar-refractivity contribution >= 4 is 45.1 Å². The average Bonchev–Trinajstić information content (AvgIpc) is 2.88. The van der Waals surface area contributed by atoms with E-state index in [-0.39, 0.29) is 11.4 Å². The van der Waals surface area contributed by atoms with Gasteiger partial charge in [0, 0.05) is 49.4 Å². The lowest BCUT2D eigenvalue weighted by Crippen LogP contribution is -2.33. The van der Waals surface area contributed by atoms with Crippen LogP contribution in [0.5, 0.6) is 5.75 Å². The molecule has 1 fully saturated rings. The van der Waals surface area contributed by atoms with Gasteiger partial charge in [0.2, 0.25) is 16.0 Å². The van der Waals surface area contributed by atoms with Gasteiger partial charge in [-0.15, -0.1) is 0 Å². The van der Waals surface area contributed by atoms with E-state index in [1.807, 2.05) is 49.0 Å². The van der Waals surface area contributed by atoms with Gasteiger partial charge in [0.15, 0.2) is 0 Å². The van der Waals surface area contributed by atoms with Crippen molar-refractivity contribution in [3.63, 3.8) is 0 Å². The minimum atomic E-state index is -3.63. The summed E-state index contributed by atoms with van der Waals surface area (Å²) < 4.78 is 32.8. The van der Waals surface area contributed by atoms with Crippen molar-refractivity contribution in [1.29, 1.82) is 0 Å². The topological polar surface area (TPSA) is 108 Å². The Labute approximate surface area is 210 Å². The lowest BCUT2D eigenvalue weighted by molar-refractivity contribution is 0.414. The number of aryl methyl sites for hydroxylation is 1. The molecule has 0 spiro atoms. The fourth-order valence-electron chi connectivity index (χ4n) is 3.51. The molecule has 3 aromatic rings. The summed E-state index contributed by atoms with van der Waals surface area (Å²) in [5.74, 6) is 4.68. The molecular formula is C24H30N6O3S2. The number of anilines is 4. The summed E-state index contributed by atoms with van der Waals surface area (Å²) in [5, 5.41) is 6.51. The van der Waals surface area contributed by atoms with Gasteiger partial charge < -0.3 is 20.3 Å². The zero-order chi connectivity index (χ0) is 24.7. The van der Waals surface area contributed by atoms with Crippen molar-refractivity contribution < 1.29 is 13.2 Å². The number of nitrogens with one attached hydrogen (secondary N) is 3. The number of hydrogen-bond acceptors (Lipinski definition) is 9. The predicted molar refractivity (Wildman–Crippen MR) is 143 cm³/mol. The van der Waals surface area contributed by atoms with Gasteiger partial charge in [0.25, 0.3) is 0 Å². The minimum absolute atomic E-state index is 0.184. The van der Waals surface area contributed by atoms with Crippen molar-refractivity contribution in [3.8, 4) is 5.75 Å². The van der Waals surface area contributed by atoms with Gasteiger partial charge in [-0.1, -0.05) is 17.7 Å². The molecule has 11 heteroatoms. The van der Waals surface area contributed by atoms with Crippen LogP contribution in [-0.4, -0.2) is 63.2 Å². The molecule has 0 radical (unpaired) electrons. The molecular weight excluding hydrogens is 484 g/mol. The lowest BCUT2D eigenvalue weighted by atomic mass is 10.2. The van der Waals surface area contributed by atoms with Crippen LogP contribution in [-0.2, 0) is 10.0 Å². The second-order valence-corrected chi connectivity index (χ2v) is 11.0. The zero-order valence-corrected chi connectivity index (χ0v) is 21.5. The first kappa shape index (κ1) is 25.1. The first-order valence-electron chi connectivity index (χ1n) is 11.4. The number of sulfonamides is 1. The van der Waals surface area contributed by atoms with Gasteiger partial charge in [-0.25, -0.2) is 13.1 Å². The van der Waals surface area contributed by atoms with E-state index in [2.05, 4.69) is 30.2 Å². The largest absolute Gasteiger partial charge is 0.497 e. The van der Waals surface area contributed by atoms with Crippen LogP contribution < -0.4 is 25.0 Å². The van der Waals surface area contributed by atoms with E-state index >= 15 is 0 Å². The molecule has 0 aliphatic carbocycles. The second-order valence-electron chi connectivity index (χ2n) is 8.03. The van der Waals surface area contributed by atoms with Crippen LogP contribution >= 0.6 is 11.8 Å². The summed E-state index contributed by atoms with van der Waals surface area (Å²) in [6.45, 7) is 4.41. The van der Waals surface area contributed by atoms with Crippen LogP contribution in [0.4, 0.5) is 23.3 Å². The fraction of sp³-hybridized carbons (Fsp3) is 0.333. The molecule has 0 bridgehead atoms. The fourth-order valence-corrected chi connectivity index (χ4v) is 5.45. The number of nitrogens with zero attached hydrogens (tertiary/aromatic N) is 3. The number of rotatable bonds is 10. The molecule has 1 aliphatic rings. The number of methoxy groups -OCH3 is 1. The van der Waals surface area contributed by atoms with Gasteiger partial charge in [0.1, 0.15) is 17.4 Å². The minimum Gasteiger partial charge on any atom is -0.497 e. The summed E-state index contributed by atoms with van der Waals surface area (Å²) in [4.78, 5) is 11.7. The summed E-state index contributed by atoms with van der Waals surface area (Å²) >= 11 is 1.94. The van der Waals surface area contributed by atoms with Crippen LogP contribution in [0, 0.1) is 6.92 Å². The Balaban J connectivity index is 1.42. The molecule has 4 rings (SSSR count). The van der Waals surface area contributed by atoms with Gasteiger partial charge >= 0.3 is 0 Å². The quantitative estimate of drug-likeness (QED) is 0.350. The van der Waals surface area contributed by atoms with E-state index in [1.165, 1.54) is 24.8 Å². The maximum Gasteiger partial charge on any atom is 0.240 e. The van der Waals surface area contributed by atoms with Gasteiger partial charge in [-0.3, -0.25) is 0 Å². The Morgan fingerprint density at radius 3 is 2.40 bits per heavy atom. The number of thioether (sulfide) groups is 1. The van der Waals surface area contributed by atoms with E-state index in [0.29, 0.717) is 24.1 Å². The molecule has 2 aromatic carbocycles. The van der Waals surface area contributed by atoms with Crippen molar-refractivity contribution in [2.24, 2.45) is 0 Å². The molecule has 1 aliphatic heterocycles. The number of benzene rings is 2. The van der Waals surface area contributed by atoms with Gasteiger partial charge in [-0.2, -0.15) is 21.7 Å². The van der Waals surface area contributed by atoms with Crippen LogP contribution in [0.15, 0.2) is 59.5 Å². The molecule has 0 saturated carbocycles. The molecule has 1 aromatic heterocycles. The number of aromatic nitrogens is 2. The second kappa shape index (κ2) is 11.6. The number of hydrogen-bond donors (Lipinski definition) is 3. The highest BCUT2D eigenvalue weighted by molar-refractivity contribution is 7.99. The maximum absolute atomic E-state index is 12.6. The third-order valence-electron chi connectivity index (χ3n) is 5.44. The van der Waals surface area contributed by atoms with Gasteiger partial charge in [0.05, 0.1) is 12.0 Å². The van der Waals surface area contributed by atoms with E-state index < -0.39 is 10.0 Å². The molecule has 3 N–H and O–H groups in total. The van der Waals surface area contributed by atoms with Crippen molar-refractivity contribution in [2.75, 3.05) is 60.3 Å². The van der Waals surface area contributed by atoms with E-state index in [0.717, 1.165) is 36.1 Å². The van der Waals surface area contributed by atoms with Crippen LogP contribution in [0.3, 0.4) is 0 Å². The summed E-state index contributed by atoms with van der Waals surface area (Å²) in [6, 6.07) is 16.3. The molecule has 35 heavy (non-hydrogen) atoms. The highest BCUT2D eigenvalue weighted by Crippen LogP contribution is 2.24. The van der Waals surface area contributed by atoms with Crippen LogP contribution in [0.1, 0.15) is 5.56 Å². The third-order valence-corrected chi connectivity index (χ3v) is 7.86. The Bertz CT molecular complexity index is 1220. The Hall–Kier alpha value is -3.02. The number of ether oxygens (including phenoxy) is 1. The molecule has 2 heterocycles. The molecule has 0 atom stereocenters.